The first kappa shape index (κ1) is 12.1. The highest BCUT2D eigenvalue weighted by Crippen LogP contribution is 2.30. The maximum absolute atomic E-state index is 8.74. The number of ether oxygens (including phenoxy) is 2. The largest absolute Gasteiger partial charge is 0.348 e. The predicted octanol–water partition coefficient (Wildman–Crippen LogP) is 3.02. The van der Waals surface area contributed by atoms with Gasteiger partial charge < -0.3 is 9.47 Å². The van der Waals surface area contributed by atoms with Gasteiger partial charge in [0.25, 0.3) is 0 Å². The van der Waals surface area contributed by atoms with Crippen LogP contribution in [0.3, 0.4) is 0 Å². The maximum atomic E-state index is 8.74. The van der Waals surface area contributed by atoms with Crippen molar-refractivity contribution in [2.75, 3.05) is 6.61 Å². The molecule has 1 aliphatic rings. The van der Waals surface area contributed by atoms with Gasteiger partial charge in [-0.2, -0.15) is 5.26 Å². The van der Waals surface area contributed by atoms with Crippen LogP contribution in [0, 0.1) is 17.2 Å². The van der Waals surface area contributed by atoms with E-state index >= 15 is 0 Å². The van der Waals surface area contributed by atoms with E-state index in [9.17, 15) is 0 Å². The van der Waals surface area contributed by atoms with Crippen molar-refractivity contribution in [3.05, 3.63) is 35.4 Å². The number of nitrogens with zero attached hydrogens (tertiary/aromatic N) is 1. The molecule has 3 unspecified atom stereocenters. The van der Waals surface area contributed by atoms with E-state index in [-0.39, 0.29) is 12.4 Å². The molecule has 3 nitrogen and oxygen atoms in total. The van der Waals surface area contributed by atoms with Gasteiger partial charge in [-0.15, -0.1) is 0 Å². The number of rotatable bonds is 2. The van der Waals surface area contributed by atoms with Gasteiger partial charge in [0.15, 0.2) is 6.29 Å². The fraction of sp³-hybridized carbons (Fsp3) is 0.500. The van der Waals surface area contributed by atoms with Crippen LogP contribution >= 0.6 is 0 Å². The fourth-order valence-electron chi connectivity index (χ4n) is 2.03. The van der Waals surface area contributed by atoms with E-state index in [2.05, 4.69) is 19.9 Å². The van der Waals surface area contributed by atoms with Crippen molar-refractivity contribution in [1.82, 2.24) is 0 Å². The molecule has 0 radical (unpaired) electrons. The average molecular weight is 231 g/mol. The molecule has 1 fully saturated rings. The molecule has 0 N–H and O–H groups in total. The Morgan fingerprint density at radius 3 is 2.59 bits per heavy atom. The Kier molecular flexibility index (Phi) is 3.78. The van der Waals surface area contributed by atoms with Crippen molar-refractivity contribution in [1.29, 1.82) is 5.26 Å². The van der Waals surface area contributed by atoms with Gasteiger partial charge in [0.1, 0.15) is 0 Å². The smallest absolute Gasteiger partial charge is 0.184 e. The van der Waals surface area contributed by atoms with E-state index in [0.29, 0.717) is 11.5 Å². The highest BCUT2D eigenvalue weighted by molar-refractivity contribution is 5.32. The van der Waals surface area contributed by atoms with Gasteiger partial charge >= 0.3 is 0 Å². The van der Waals surface area contributed by atoms with Gasteiger partial charge in [-0.1, -0.05) is 19.1 Å². The molecule has 90 valence electrons. The monoisotopic (exact) mass is 231 g/mol. The lowest BCUT2D eigenvalue weighted by molar-refractivity contribution is -0.236. The first-order valence-corrected chi connectivity index (χ1v) is 6.01. The van der Waals surface area contributed by atoms with Gasteiger partial charge in [-0.25, -0.2) is 0 Å². The molecule has 0 aliphatic carbocycles. The Labute approximate surface area is 102 Å². The summed E-state index contributed by atoms with van der Waals surface area (Å²) in [6, 6.07) is 9.46. The van der Waals surface area contributed by atoms with Crippen molar-refractivity contribution in [2.45, 2.75) is 32.7 Å². The summed E-state index contributed by atoms with van der Waals surface area (Å²) in [5, 5.41) is 8.74. The van der Waals surface area contributed by atoms with Crippen molar-refractivity contribution in [3.8, 4) is 6.07 Å². The van der Waals surface area contributed by atoms with Crippen LogP contribution in [0.1, 0.15) is 37.7 Å². The lowest BCUT2D eigenvalue weighted by Gasteiger charge is -2.34. The third-order valence-corrected chi connectivity index (χ3v) is 3.30. The molecule has 0 amide bonds. The summed E-state index contributed by atoms with van der Waals surface area (Å²) in [4.78, 5) is 0. The lowest BCUT2D eigenvalue weighted by atomic mass is 10.0. The third kappa shape index (κ3) is 2.66. The molecule has 1 aromatic rings. The minimum Gasteiger partial charge on any atom is -0.348 e. The van der Waals surface area contributed by atoms with Crippen LogP contribution in [-0.4, -0.2) is 12.7 Å². The van der Waals surface area contributed by atoms with Crippen LogP contribution < -0.4 is 0 Å². The van der Waals surface area contributed by atoms with Crippen LogP contribution in [0.5, 0.6) is 0 Å². The summed E-state index contributed by atoms with van der Waals surface area (Å²) in [7, 11) is 0. The summed E-state index contributed by atoms with van der Waals surface area (Å²) in [5.74, 6) is 0.477. The molecule has 1 heterocycles. The van der Waals surface area contributed by atoms with Gasteiger partial charge in [0.05, 0.1) is 24.3 Å². The minimum atomic E-state index is -0.291. The molecule has 1 aliphatic heterocycles. The Morgan fingerprint density at radius 1 is 1.35 bits per heavy atom. The van der Waals surface area contributed by atoms with Crippen molar-refractivity contribution >= 4 is 0 Å². The zero-order chi connectivity index (χ0) is 12.3. The van der Waals surface area contributed by atoms with Crippen molar-refractivity contribution in [3.63, 3.8) is 0 Å². The molecule has 1 aromatic carbocycles. The lowest BCUT2D eigenvalue weighted by Crippen LogP contribution is -2.33. The Hall–Kier alpha value is -1.37. The molecular weight excluding hydrogens is 214 g/mol. The number of nitriles is 1. The minimum absolute atomic E-state index is 0.217. The van der Waals surface area contributed by atoms with E-state index in [0.717, 1.165) is 18.6 Å². The zero-order valence-corrected chi connectivity index (χ0v) is 10.2. The summed E-state index contributed by atoms with van der Waals surface area (Å²) in [6.45, 7) is 4.98. The fourth-order valence-corrected chi connectivity index (χ4v) is 2.03. The van der Waals surface area contributed by atoms with Gasteiger partial charge in [-0.3, -0.25) is 0 Å². The third-order valence-electron chi connectivity index (χ3n) is 3.30. The molecular formula is C14H17NO2. The normalized spacial score (nSPS) is 28.6. The van der Waals surface area contributed by atoms with E-state index in [1.165, 1.54) is 0 Å². The first-order chi connectivity index (χ1) is 8.24. The number of benzene rings is 1. The molecule has 0 aromatic heterocycles. The van der Waals surface area contributed by atoms with E-state index in [1.807, 2.05) is 12.1 Å². The van der Waals surface area contributed by atoms with Crippen LogP contribution in [-0.2, 0) is 9.47 Å². The maximum Gasteiger partial charge on any atom is 0.184 e. The van der Waals surface area contributed by atoms with Gasteiger partial charge in [0.2, 0.25) is 0 Å². The first-order valence-electron chi connectivity index (χ1n) is 6.01. The van der Waals surface area contributed by atoms with Crippen molar-refractivity contribution < 1.29 is 9.47 Å². The standard InChI is InChI=1S/C14H17NO2/c1-3-12-9-16-14(17-10(12)2)13-6-4-11(8-15)5-7-13/h4-7,10,12,14H,3,9H2,1-2H3. The number of hydrogen-bond donors (Lipinski definition) is 0. The second-order valence-corrected chi connectivity index (χ2v) is 4.41. The SMILES string of the molecule is CCC1COC(c2ccc(C#N)cc2)OC1C. The predicted molar refractivity (Wildman–Crippen MR) is 64.2 cm³/mol. The molecule has 0 bridgehead atoms. The highest BCUT2D eigenvalue weighted by Gasteiger charge is 2.28. The topological polar surface area (TPSA) is 42.2 Å². The van der Waals surface area contributed by atoms with Crippen molar-refractivity contribution in [2.24, 2.45) is 5.92 Å². The molecule has 17 heavy (non-hydrogen) atoms. The molecule has 3 heteroatoms. The van der Waals surface area contributed by atoms with Crippen LogP contribution in [0.25, 0.3) is 0 Å². The molecule has 0 spiro atoms. The second kappa shape index (κ2) is 5.31. The van der Waals surface area contributed by atoms with Crippen LogP contribution in [0.4, 0.5) is 0 Å². The van der Waals surface area contributed by atoms with Gasteiger partial charge in [0, 0.05) is 11.5 Å². The summed E-state index contributed by atoms with van der Waals surface area (Å²) < 4.78 is 11.6. The van der Waals surface area contributed by atoms with Gasteiger partial charge in [-0.05, 0) is 25.5 Å². The molecule has 0 saturated carbocycles. The molecule has 3 atom stereocenters. The van der Waals surface area contributed by atoms with E-state index < -0.39 is 0 Å². The van der Waals surface area contributed by atoms with Crippen LogP contribution in [0.15, 0.2) is 24.3 Å². The molecule has 2 rings (SSSR count). The highest BCUT2D eigenvalue weighted by atomic mass is 16.7. The Morgan fingerprint density at radius 2 is 2.06 bits per heavy atom. The zero-order valence-electron chi connectivity index (χ0n) is 10.2. The second-order valence-electron chi connectivity index (χ2n) is 4.41. The summed E-state index contributed by atoms with van der Waals surface area (Å²) in [5.41, 5.74) is 1.63. The Balaban J connectivity index is 2.06. The number of hydrogen-bond acceptors (Lipinski definition) is 3. The average Bonchev–Trinajstić information content (AvgIpc) is 2.39. The Bertz CT molecular complexity index is 407. The molecule has 1 saturated heterocycles. The van der Waals surface area contributed by atoms with Crippen LogP contribution in [0.2, 0.25) is 0 Å². The van der Waals surface area contributed by atoms with E-state index in [1.54, 1.807) is 12.1 Å². The van der Waals surface area contributed by atoms with E-state index in [4.69, 9.17) is 14.7 Å². The quantitative estimate of drug-likeness (QED) is 0.785. The summed E-state index contributed by atoms with van der Waals surface area (Å²) in [6.07, 6.45) is 0.997. The summed E-state index contributed by atoms with van der Waals surface area (Å²) >= 11 is 0.